The highest BCUT2D eigenvalue weighted by molar-refractivity contribution is 5.97. The van der Waals surface area contributed by atoms with Gasteiger partial charge in [-0.05, 0) is 55.5 Å². The maximum Gasteiger partial charge on any atom is 0.248 e. The SMILES string of the molecule is CC(=O)Nc1ccc(NC(C)C(=O)Nc2ccc(C(N)=O)cc2)cc1. The molecule has 2 aromatic rings. The van der Waals surface area contributed by atoms with Gasteiger partial charge >= 0.3 is 0 Å². The topological polar surface area (TPSA) is 113 Å². The van der Waals surface area contributed by atoms with Crippen molar-refractivity contribution in [1.82, 2.24) is 0 Å². The Labute approximate surface area is 145 Å². The van der Waals surface area contributed by atoms with Crippen LogP contribution < -0.4 is 21.7 Å². The van der Waals surface area contributed by atoms with Crippen molar-refractivity contribution in [3.05, 3.63) is 54.1 Å². The number of nitrogens with one attached hydrogen (secondary N) is 3. The maximum absolute atomic E-state index is 12.2. The average Bonchev–Trinajstić information content (AvgIpc) is 2.56. The van der Waals surface area contributed by atoms with E-state index >= 15 is 0 Å². The monoisotopic (exact) mass is 340 g/mol. The molecular formula is C18H20N4O3. The predicted octanol–water partition coefficient (Wildman–Crippen LogP) is 2.18. The van der Waals surface area contributed by atoms with Crippen molar-refractivity contribution in [2.45, 2.75) is 19.9 Å². The van der Waals surface area contributed by atoms with Gasteiger partial charge in [0.1, 0.15) is 6.04 Å². The number of rotatable bonds is 6. The van der Waals surface area contributed by atoms with Crippen LogP contribution in [0.15, 0.2) is 48.5 Å². The van der Waals surface area contributed by atoms with E-state index in [-0.39, 0.29) is 11.8 Å². The minimum Gasteiger partial charge on any atom is -0.374 e. The summed E-state index contributed by atoms with van der Waals surface area (Å²) in [6.07, 6.45) is 0. The number of primary amides is 1. The van der Waals surface area contributed by atoms with E-state index in [4.69, 9.17) is 5.73 Å². The summed E-state index contributed by atoms with van der Waals surface area (Å²) in [7, 11) is 0. The molecule has 5 N–H and O–H groups in total. The molecule has 2 aromatic carbocycles. The van der Waals surface area contributed by atoms with E-state index in [1.807, 2.05) is 0 Å². The van der Waals surface area contributed by atoms with E-state index < -0.39 is 11.9 Å². The predicted molar refractivity (Wildman–Crippen MR) is 97.4 cm³/mol. The molecule has 0 aliphatic carbocycles. The minimum absolute atomic E-state index is 0.143. The van der Waals surface area contributed by atoms with Gasteiger partial charge in [0.2, 0.25) is 17.7 Å². The summed E-state index contributed by atoms with van der Waals surface area (Å²) in [6.45, 7) is 3.17. The molecule has 1 unspecified atom stereocenters. The zero-order valence-corrected chi connectivity index (χ0v) is 14.0. The van der Waals surface area contributed by atoms with Crippen LogP contribution in [0, 0.1) is 0 Å². The molecule has 7 heteroatoms. The van der Waals surface area contributed by atoms with Crippen LogP contribution in [0.25, 0.3) is 0 Å². The Kier molecular flexibility index (Phi) is 5.73. The molecular weight excluding hydrogens is 320 g/mol. The van der Waals surface area contributed by atoms with Gasteiger partial charge in [-0.25, -0.2) is 0 Å². The fraction of sp³-hybridized carbons (Fsp3) is 0.167. The Morgan fingerprint density at radius 2 is 1.32 bits per heavy atom. The Morgan fingerprint density at radius 1 is 0.840 bits per heavy atom. The number of hydrogen-bond donors (Lipinski definition) is 4. The number of anilines is 3. The summed E-state index contributed by atoms with van der Waals surface area (Å²) in [4.78, 5) is 34.2. The third kappa shape index (κ3) is 5.35. The molecule has 2 rings (SSSR count). The number of benzene rings is 2. The van der Waals surface area contributed by atoms with Crippen LogP contribution in [0.5, 0.6) is 0 Å². The molecule has 25 heavy (non-hydrogen) atoms. The van der Waals surface area contributed by atoms with Gasteiger partial charge in [0, 0.05) is 29.5 Å². The van der Waals surface area contributed by atoms with Gasteiger partial charge in [-0.15, -0.1) is 0 Å². The summed E-state index contributed by atoms with van der Waals surface area (Å²) in [6, 6.07) is 12.9. The van der Waals surface area contributed by atoms with Gasteiger partial charge in [-0.1, -0.05) is 0 Å². The van der Waals surface area contributed by atoms with Crippen molar-refractivity contribution in [3.8, 4) is 0 Å². The van der Waals surface area contributed by atoms with E-state index in [0.29, 0.717) is 16.9 Å². The molecule has 3 amide bonds. The lowest BCUT2D eigenvalue weighted by molar-refractivity contribution is -0.116. The number of nitrogens with two attached hydrogens (primary N) is 1. The Bertz CT molecular complexity index is 770. The normalized spacial score (nSPS) is 11.3. The molecule has 7 nitrogen and oxygen atoms in total. The summed E-state index contributed by atoms with van der Waals surface area (Å²) in [5.74, 6) is -0.885. The van der Waals surface area contributed by atoms with Crippen LogP contribution in [0.4, 0.5) is 17.1 Å². The van der Waals surface area contributed by atoms with Gasteiger partial charge < -0.3 is 21.7 Å². The quantitative estimate of drug-likeness (QED) is 0.645. The Hall–Kier alpha value is -3.35. The molecule has 0 heterocycles. The molecule has 0 aromatic heterocycles. The molecule has 1 atom stereocenters. The maximum atomic E-state index is 12.2. The third-order valence-electron chi connectivity index (χ3n) is 3.42. The minimum atomic E-state index is -0.518. The molecule has 0 aliphatic rings. The highest BCUT2D eigenvalue weighted by atomic mass is 16.2. The van der Waals surface area contributed by atoms with Crippen LogP contribution in [-0.4, -0.2) is 23.8 Å². The van der Waals surface area contributed by atoms with Gasteiger partial charge in [-0.2, -0.15) is 0 Å². The second-order valence-electron chi connectivity index (χ2n) is 5.56. The average molecular weight is 340 g/mol. The van der Waals surface area contributed by atoms with E-state index in [0.717, 1.165) is 5.69 Å². The molecule has 0 saturated carbocycles. The Morgan fingerprint density at radius 3 is 1.84 bits per heavy atom. The van der Waals surface area contributed by atoms with Crippen molar-refractivity contribution in [2.24, 2.45) is 5.73 Å². The first kappa shape index (κ1) is 18.0. The summed E-state index contributed by atoms with van der Waals surface area (Å²) in [5.41, 5.74) is 7.56. The molecule has 0 spiro atoms. The van der Waals surface area contributed by atoms with E-state index in [2.05, 4.69) is 16.0 Å². The lowest BCUT2D eigenvalue weighted by atomic mass is 10.2. The summed E-state index contributed by atoms with van der Waals surface area (Å²) >= 11 is 0. The fourth-order valence-electron chi connectivity index (χ4n) is 2.14. The van der Waals surface area contributed by atoms with Gasteiger partial charge in [0.05, 0.1) is 0 Å². The highest BCUT2D eigenvalue weighted by Crippen LogP contribution is 2.15. The molecule has 0 fully saturated rings. The molecule has 0 radical (unpaired) electrons. The number of carbonyl (C=O) groups is 3. The van der Waals surface area contributed by atoms with E-state index in [1.165, 1.54) is 6.92 Å². The first-order valence-electron chi connectivity index (χ1n) is 7.70. The van der Waals surface area contributed by atoms with Gasteiger partial charge in [0.15, 0.2) is 0 Å². The van der Waals surface area contributed by atoms with Crippen molar-refractivity contribution >= 4 is 34.8 Å². The first-order valence-corrected chi connectivity index (χ1v) is 7.70. The van der Waals surface area contributed by atoms with E-state index in [1.54, 1.807) is 55.5 Å². The van der Waals surface area contributed by atoms with Gasteiger partial charge in [0.25, 0.3) is 0 Å². The number of carbonyl (C=O) groups excluding carboxylic acids is 3. The molecule has 0 bridgehead atoms. The second-order valence-corrected chi connectivity index (χ2v) is 5.56. The van der Waals surface area contributed by atoms with Crippen LogP contribution in [0.1, 0.15) is 24.2 Å². The summed E-state index contributed by atoms with van der Waals surface area (Å²) in [5, 5.41) is 8.50. The zero-order chi connectivity index (χ0) is 18.4. The smallest absolute Gasteiger partial charge is 0.248 e. The molecule has 0 aliphatic heterocycles. The molecule has 130 valence electrons. The van der Waals surface area contributed by atoms with Crippen molar-refractivity contribution in [3.63, 3.8) is 0 Å². The number of amides is 3. The van der Waals surface area contributed by atoms with Crippen LogP contribution in [0.2, 0.25) is 0 Å². The largest absolute Gasteiger partial charge is 0.374 e. The van der Waals surface area contributed by atoms with Crippen LogP contribution in [0.3, 0.4) is 0 Å². The van der Waals surface area contributed by atoms with Crippen molar-refractivity contribution in [2.75, 3.05) is 16.0 Å². The zero-order valence-electron chi connectivity index (χ0n) is 14.0. The van der Waals surface area contributed by atoms with Crippen LogP contribution in [-0.2, 0) is 9.59 Å². The van der Waals surface area contributed by atoms with E-state index in [9.17, 15) is 14.4 Å². The Balaban J connectivity index is 1.93. The second kappa shape index (κ2) is 7.96. The standard InChI is InChI=1S/C18H20N4O3/c1-11(20-14-7-9-15(10-8-14)21-12(2)23)18(25)22-16-5-3-13(4-6-16)17(19)24/h3-11,20H,1-2H3,(H2,19,24)(H,21,23)(H,22,25). The highest BCUT2D eigenvalue weighted by Gasteiger charge is 2.13. The fourth-order valence-corrected chi connectivity index (χ4v) is 2.14. The summed E-state index contributed by atoms with van der Waals surface area (Å²) < 4.78 is 0. The van der Waals surface area contributed by atoms with Crippen molar-refractivity contribution < 1.29 is 14.4 Å². The third-order valence-corrected chi connectivity index (χ3v) is 3.42. The van der Waals surface area contributed by atoms with Crippen molar-refractivity contribution in [1.29, 1.82) is 0 Å². The van der Waals surface area contributed by atoms with Crippen LogP contribution >= 0.6 is 0 Å². The molecule has 0 saturated heterocycles. The van der Waals surface area contributed by atoms with Gasteiger partial charge in [-0.3, -0.25) is 14.4 Å². The lowest BCUT2D eigenvalue weighted by Gasteiger charge is -2.16. The first-order chi connectivity index (χ1) is 11.8. The lowest BCUT2D eigenvalue weighted by Crippen LogP contribution is -2.31. The number of hydrogen-bond acceptors (Lipinski definition) is 4.